The van der Waals surface area contributed by atoms with E-state index in [1.165, 1.54) is 15.1 Å². The van der Waals surface area contributed by atoms with Crippen molar-refractivity contribution in [2.45, 2.75) is 17.4 Å². The van der Waals surface area contributed by atoms with Gasteiger partial charge in [-0.1, -0.05) is 11.6 Å². The highest BCUT2D eigenvalue weighted by molar-refractivity contribution is 7.99. The van der Waals surface area contributed by atoms with Crippen molar-refractivity contribution in [3.63, 3.8) is 0 Å². The van der Waals surface area contributed by atoms with E-state index in [0.717, 1.165) is 23.0 Å². The Kier molecular flexibility index (Phi) is 3.16. The maximum absolute atomic E-state index is 6.13. The van der Waals surface area contributed by atoms with E-state index in [2.05, 4.69) is 32.0 Å². The van der Waals surface area contributed by atoms with Crippen molar-refractivity contribution >= 4 is 34.8 Å². The van der Waals surface area contributed by atoms with Crippen LogP contribution in [0, 0.1) is 0 Å². The smallest absolute Gasteiger partial charge is 0.200 e. The largest absolute Gasteiger partial charge is 0.362 e. The van der Waals surface area contributed by atoms with Crippen LogP contribution in [0.5, 0.6) is 0 Å². The van der Waals surface area contributed by atoms with Crippen molar-refractivity contribution in [2.24, 2.45) is 0 Å². The molecule has 1 aromatic carbocycles. The molecule has 0 bridgehead atoms. The van der Waals surface area contributed by atoms with Crippen molar-refractivity contribution in [1.82, 2.24) is 25.3 Å². The minimum Gasteiger partial charge on any atom is -0.362 e. The Morgan fingerprint density at radius 1 is 1.29 bits per heavy atom. The molecule has 1 unspecified atom stereocenters. The Morgan fingerprint density at radius 3 is 3.19 bits per heavy atom. The van der Waals surface area contributed by atoms with Crippen molar-refractivity contribution in [3.05, 3.63) is 40.9 Å². The summed E-state index contributed by atoms with van der Waals surface area (Å²) in [5.41, 5.74) is 1.85. The molecule has 0 amide bonds. The minimum absolute atomic E-state index is 0.196. The van der Waals surface area contributed by atoms with Gasteiger partial charge in [-0.25, -0.2) is 0 Å². The predicted molar refractivity (Wildman–Crippen MR) is 81.7 cm³/mol. The normalized spacial score (nSPS) is 17.7. The number of rotatable bonds is 2. The highest BCUT2D eigenvalue weighted by Gasteiger charge is 2.21. The molecule has 3 heterocycles. The third kappa shape index (κ3) is 2.43. The lowest BCUT2D eigenvalue weighted by Crippen LogP contribution is -2.17. The molecule has 3 aromatic rings. The number of hydrogen-bond donors (Lipinski definition) is 1. The lowest BCUT2D eigenvalue weighted by molar-refractivity contribution is 0.698. The Balaban J connectivity index is 1.67. The van der Waals surface area contributed by atoms with Crippen LogP contribution < -0.4 is 5.32 Å². The predicted octanol–water partition coefficient (Wildman–Crippen LogP) is 2.82. The van der Waals surface area contributed by atoms with E-state index in [1.54, 1.807) is 0 Å². The van der Waals surface area contributed by atoms with Gasteiger partial charge in [0.15, 0.2) is 5.65 Å². The zero-order valence-electron chi connectivity index (χ0n) is 10.9. The maximum atomic E-state index is 6.13. The molecule has 1 aliphatic rings. The number of hydrogen-bond acceptors (Lipinski definition) is 6. The molecule has 6 nitrogen and oxygen atoms in total. The molecule has 1 N–H and O–H groups in total. The van der Waals surface area contributed by atoms with Crippen LogP contribution in [0.15, 0.2) is 35.2 Å². The Bertz CT molecular complexity index is 804. The van der Waals surface area contributed by atoms with Gasteiger partial charge >= 0.3 is 0 Å². The van der Waals surface area contributed by atoms with Crippen molar-refractivity contribution in [2.75, 3.05) is 11.1 Å². The van der Waals surface area contributed by atoms with Crippen LogP contribution in [0.25, 0.3) is 5.65 Å². The average molecular weight is 319 g/mol. The molecule has 0 saturated heterocycles. The molecule has 0 fully saturated rings. The summed E-state index contributed by atoms with van der Waals surface area (Å²) in [4.78, 5) is 1.27. The highest BCUT2D eigenvalue weighted by Crippen LogP contribution is 2.38. The molecule has 0 saturated carbocycles. The van der Waals surface area contributed by atoms with E-state index in [-0.39, 0.29) is 6.04 Å². The molecule has 21 heavy (non-hydrogen) atoms. The van der Waals surface area contributed by atoms with Gasteiger partial charge in [-0.15, -0.1) is 26.6 Å². The summed E-state index contributed by atoms with van der Waals surface area (Å²) in [7, 11) is 0. The first-order valence-electron chi connectivity index (χ1n) is 6.54. The van der Waals surface area contributed by atoms with Crippen molar-refractivity contribution < 1.29 is 0 Å². The van der Waals surface area contributed by atoms with E-state index in [4.69, 9.17) is 11.6 Å². The van der Waals surface area contributed by atoms with E-state index < -0.39 is 0 Å². The fourth-order valence-corrected chi connectivity index (χ4v) is 3.71. The summed E-state index contributed by atoms with van der Waals surface area (Å²) in [6, 6.07) is 9.95. The molecule has 0 spiro atoms. The molecule has 1 atom stereocenters. The minimum atomic E-state index is 0.196. The van der Waals surface area contributed by atoms with Gasteiger partial charge in [-0.05, 0) is 52.7 Å². The topological polar surface area (TPSA) is 68.0 Å². The number of anilines is 1. The summed E-state index contributed by atoms with van der Waals surface area (Å²) in [5, 5.41) is 19.8. The summed E-state index contributed by atoms with van der Waals surface area (Å²) in [6.07, 6.45) is 1.02. The quantitative estimate of drug-likeness (QED) is 0.783. The number of thioether (sulfide) groups is 1. The molecule has 0 radical (unpaired) electrons. The fraction of sp³-hybridized carbons (Fsp3) is 0.231. The van der Waals surface area contributed by atoms with Crippen LogP contribution in [0.3, 0.4) is 0 Å². The molecule has 8 heteroatoms. The van der Waals surface area contributed by atoms with Crippen LogP contribution >= 0.6 is 23.4 Å². The molecule has 2 aromatic heterocycles. The summed E-state index contributed by atoms with van der Waals surface area (Å²) in [6.45, 7) is 0. The molecular weight excluding hydrogens is 308 g/mol. The lowest BCUT2D eigenvalue weighted by atomic mass is 10.0. The first-order chi connectivity index (χ1) is 10.3. The van der Waals surface area contributed by atoms with Gasteiger partial charge < -0.3 is 5.32 Å². The van der Waals surface area contributed by atoms with E-state index in [0.29, 0.717) is 5.65 Å². The zero-order chi connectivity index (χ0) is 14.2. The summed E-state index contributed by atoms with van der Waals surface area (Å²) >= 11 is 7.98. The average Bonchev–Trinajstić information content (AvgIpc) is 2.95. The van der Waals surface area contributed by atoms with Crippen molar-refractivity contribution in [1.29, 1.82) is 0 Å². The van der Waals surface area contributed by atoms with Gasteiger partial charge in [0.25, 0.3) is 0 Å². The number of aromatic nitrogens is 5. The highest BCUT2D eigenvalue weighted by atomic mass is 35.5. The number of tetrazole rings is 1. The number of halogens is 1. The standard InChI is InChI=1S/C13H11ClN6S/c14-8-1-2-11-9(7-8)10(5-6-21-11)15-12-3-4-13-16-18-19-20(13)17-12/h1-4,7,10H,5-6H2,(H,15,17). The van der Waals surface area contributed by atoms with Crippen LogP contribution in [-0.2, 0) is 0 Å². The molecule has 106 valence electrons. The first kappa shape index (κ1) is 12.8. The fourth-order valence-electron chi connectivity index (χ4n) is 2.42. The van der Waals surface area contributed by atoms with Crippen LogP contribution in [-0.4, -0.2) is 31.0 Å². The first-order valence-corrected chi connectivity index (χ1v) is 7.90. The monoisotopic (exact) mass is 318 g/mol. The third-order valence-electron chi connectivity index (χ3n) is 3.40. The van der Waals surface area contributed by atoms with Crippen LogP contribution in [0.2, 0.25) is 5.02 Å². The third-order valence-corrected chi connectivity index (χ3v) is 4.76. The Morgan fingerprint density at radius 2 is 2.24 bits per heavy atom. The maximum Gasteiger partial charge on any atom is 0.200 e. The van der Waals surface area contributed by atoms with Crippen LogP contribution in [0.1, 0.15) is 18.0 Å². The summed E-state index contributed by atoms with van der Waals surface area (Å²) < 4.78 is 1.42. The van der Waals surface area contributed by atoms with Gasteiger partial charge in [0.1, 0.15) is 5.82 Å². The second-order valence-electron chi connectivity index (χ2n) is 4.76. The number of nitrogens with one attached hydrogen (secondary N) is 1. The molecular formula is C13H11ClN6S. The zero-order valence-corrected chi connectivity index (χ0v) is 12.5. The second-order valence-corrected chi connectivity index (χ2v) is 6.33. The number of benzene rings is 1. The van der Waals surface area contributed by atoms with E-state index in [9.17, 15) is 0 Å². The molecule has 1 aliphatic heterocycles. The van der Waals surface area contributed by atoms with E-state index in [1.807, 2.05) is 36.0 Å². The molecule has 4 rings (SSSR count). The second kappa shape index (κ2) is 5.16. The van der Waals surface area contributed by atoms with Gasteiger partial charge in [-0.3, -0.25) is 0 Å². The van der Waals surface area contributed by atoms with Crippen molar-refractivity contribution in [3.8, 4) is 0 Å². The van der Waals surface area contributed by atoms with Crippen LogP contribution in [0.4, 0.5) is 5.82 Å². The Hall–Kier alpha value is -1.86. The summed E-state index contributed by atoms with van der Waals surface area (Å²) in [5.74, 6) is 1.82. The van der Waals surface area contributed by atoms with Gasteiger partial charge in [0, 0.05) is 15.7 Å². The SMILES string of the molecule is Clc1ccc2c(c1)C(Nc1ccc3nnnn3n1)CCS2. The lowest BCUT2D eigenvalue weighted by Gasteiger charge is -2.26. The van der Waals surface area contributed by atoms with E-state index >= 15 is 0 Å². The number of nitrogens with zero attached hydrogens (tertiary/aromatic N) is 5. The molecule has 0 aliphatic carbocycles. The number of fused-ring (bicyclic) bond motifs is 2. The Labute approximate surface area is 129 Å². The van der Waals surface area contributed by atoms with Gasteiger partial charge in [-0.2, -0.15) is 0 Å². The van der Waals surface area contributed by atoms with Gasteiger partial charge in [0.05, 0.1) is 6.04 Å². The van der Waals surface area contributed by atoms with Gasteiger partial charge in [0.2, 0.25) is 0 Å².